The molecule has 0 radical (unpaired) electrons. The van der Waals surface area contributed by atoms with E-state index < -0.39 is 0 Å². The Labute approximate surface area is 99.1 Å². The highest BCUT2D eigenvalue weighted by molar-refractivity contribution is 5.76. The van der Waals surface area contributed by atoms with Crippen LogP contribution in [-0.2, 0) is 9.53 Å². The summed E-state index contributed by atoms with van der Waals surface area (Å²) in [6.45, 7) is 8.82. The third-order valence-corrected chi connectivity index (χ3v) is 2.87. The van der Waals surface area contributed by atoms with Crippen LogP contribution in [0.5, 0.6) is 0 Å². The number of nitrogens with zero attached hydrogens (tertiary/aromatic N) is 1. The third-order valence-electron chi connectivity index (χ3n) is 2.87. The van der Waals surface area contributed by atoms with Gasteiger partial charge in [0.25, 0.3) is 0 Å². The van der Waals surface area contributed by atoms with Crippen LogP contribution < -0.4 is 0 Å². The molecule has 0 saturated carbocycles. The Balaban J connectivity index is 2.34. The molecular formula is C13H25NO2. The second-order valence-electron chi connectivity index (χ2n) is 5.07. The van der Waals surface area contributed by atoms with Crippen molar-refractivity contribution in [1.82, 2.24) is 4.90 Å². The predicted molar refractivity (Wildman–Crippen MR) is 65.3 cm³/mol. The Morgan fingerprint density at radius 3 is 2.88 bits per heavy atom. The molecular weight excluding hydrogens is 202 g/mol. The van der Waals surface area contributed by atoms with Gasteiger partial charge in [0.2, 0.25) is 5.91 Å². The second kappa shape index (κ2) is 6.89. The fraction of sp³-hybridized carbons (Fsp3) is 0.923. The fourth-order valence-corrected chi connectivity index (χ4v) is 2.06. The summed E-state index contributed by atoms with van der Waals surface area (Å²) in [5.74, 6) is 0.740. The summed E-state index contributed by atoms with van der Waals surface area (Å²) in [6, 6.07) is 0. The summed E-state index contributed by atoms with van der Waals surface area (Å²) < 4.78 is 5.72. The first kappa shape index (κ1) is 13.5. The smallest absolute Gasteiger partial charge is 0.222 e. The minimum absolute atomic E-state index is 0.268. The predicted octanol–water partition coefficient (Wildman–Crippen LogP) is 2.45. The van der Waals surface area contributed by atoms with Crippen molar-refractivity contribution in [2.24, 2.45) is 5.92 Å². The average molecular weight is 227 g/mol. The summed E-state index contributed by atoms with van der Waals surface area (Å²) in [6.07, 6.45) is 4.17. The van der Waals surface area contributed by atoms with Crippen molar-refractivity contribution in [2.45, 2.75) is 52.6 Å². The molecule has 0 aromatic heterocycles. The lowest BCUT2D eigenvalue weighted by Gasteiger charge is -2.33. The van der Waals surface area contributed by atoms with Crippen molar-refractivity contribution in [2.75, 3.05) is 19.7 Å². The van der Waals surface area contributed by atoms with Gasteiger partial charge in [-0.25, -0.2) is 0 Å². The van der Waals surface area contributed by atoms with Gasteiger partial charge < -0.3 is 9.64 Å². The van der Waals surface area contributed by atoms with Gasteiger partial charge in [0.05, 0.1) is 6.10 Å². The maximum absolute atomic E-state index is 11.9. The fourth-order valence-electron chi connectivity index (χ4n) is 2.06. The van der Waals surface area contributed by atoms with E-state index in [1.807, 2.05) is 4.90 Å². The van der Waals surface area contributed by atoms with E-state index >= 15 is 0 Å². The lowest BCUT2D eigenvalue weighted by atomic mass is 10.1. The largest absolute Gasteiger partial charge is 0.376 e. The number of piperidine rings is 1. The number of ether oxygens (including phenoxy) is 1. The summed E-state index contributed by atoms with van der Waals surface area (Å²) in [4.78, 5) is 13.9. The van der Waals surface area contributed by atoms with E-state index in [0.717, 1.165) is 39.0 Å². The molecule has 3 heteroatoms. The van der Waals surface area contributed by atoms with Crippen LogP contribution in [0, 0.1) is 5.92 Å². The molecule has 1 heterocycles. The number of carbonyl (C=O) groups is 1. The Hall–Kier alpha value is -0.570. The van der Waals surface area contributed by atoms with Crippen LogP contribution in [-0.4, -0.2) is 36.6 Å². The summed E-state index contributed by atoms with van der Waals surface area (Å²) in [5, 5.41) is 0. The Bertz CT molecular complexity index is 216. The Morgan fingerprint density at radius 2 is 2.25 bits per heavy atom. The molecule has 1 saturated heterocycles. The van der Waals surface area contributed by atoms with Gasteiger partial charge in [-0.05, 0) is 25.2 Å². The lowest BCUT2D eigenvalue weighted by molar-refractivity contribution is -0.136. The molecule has 16 heavy (non-hydrogen) atoms. The third kappa shape index (κ3) is 4.52. The highest BCUT2D eigenvalue weighted by Gasteiger charge is 2.23. The van der Waals surface area contributed by atoms with E-state index in [2.05, 4.69) is 20.8 Å². The first-order chi connectivity index (χ1) is 7.63. The van der Waals surface area contributed by atoms with Crippen LogP contribution in [0.1, 0.15) is 46.5 Å². The van der Waals surface area contributed by atoms with Crippen molar-refractivity contribution >= 4 is 5.91 Å². The van der Waals surface area contributed by atoms with Gasteiger partial charge in [-0.2, -0.15) is 0 Å². The van der Waals surface area contributed by atoms with Crippen molar-refractivity contribution in [3.8, 4) is 0 Å². The van der Waals surface area contributed by atoms with E-state index in [-0.39, 0.29) is 6.10 Å². The van der Waals surface area contributed by atoms with Gasteiger partial charge in [0.15, 0.2) is 0 Å². The number of rotatable bonds is 5. The van der Waals surface area contributed by atoms with E-state index in [1.165, 1.54) is 0 Å². The van der Waals surface area contributed by atoms with Gasteiger partial charge >= 0.3 is 0 Å². The van der Waals surface area contributed by atoms with Crippen molar-refractivity contribution in [1.29, 1.82) is 0 Å². The number of likely N-dealkylation sites (tertiary alicyclic amines) is 1. The average Bonchev–Trinajstić information content (AvgIpc) is 2.26. The lowest BCUT2D eigenvalue weighted by Crippen LogP contribution is -2.43. The molecule has 1 unspecified atom stereocenters. The molecule has 0 bridgehead atoms. The zero-order valence-corrected chi connectivity index (χ0v) is 10.9. The van der Waals surface area contributed by atoms with Crippen molar-refractivity contribution < 1.29 is 9.53 Å². The SMILES string of the molecule is CCCOC1CCCN(C(=O)CC(C)C)C1. The molecule has 0 aliphatic carbocycles. The van der Waals surface area contributed by atoms with Crippen molar-refractivity contribution in [3.05, 3.63) is 0 Å². The van der Waals surface area contributed by atoms with E-state index in [4.69, 9.17) is 4.74 Å². The molecule has 0 aromatic carbocycles. The van der Waals surface area contributed by atoms with Gasteiger partial charge in [-0.15, -0.1) is 0 Å². The van der Waals surface area contributed by atoms with Crippen LogP contribution in [0.2, 0.25) is 0 Å². The van der Waals surface area contributed by atoms with Crippen LogP contribution in [0.25, 0.3) is 0 Å². The van der Waals surface area contributed by atoms with E-state index in [0.29, 0.717) is 18.2 Å². The topological polar surface area (TPSA) is 29.5 Å². The van der Waals surface area contributed by atoms with Gasteiger partial charge in [0, 0.05) is 26.1 Å². The highest BCUT2D eigenvalue weighted by Crippen LogP contribution is 2.15. The van der Waals surface area contributed by atoms with Crippen LogP contribution in [0.4, 0.5) is 0 Å². The maximum atomic E-state index is 11.9. The first-order valence-electron chi connectivity index (χ1n) is 6.52. The Morgan fingerprint density at radius 1 is 1.50 bits per heavy atom. The quantitative estimate of drug-likeness (QED) is 0.722. The zero-order chi connectivity index (χ0) is 12.0. The number of amides is 1. The molecule has 0 spiro atoms. The normalized spacial score (nSPS) is 21.5. The summed E-state index contributed by atoms with van der Waals surface area (Å²) in [7, 11) is 0. The highest BCUT2D eigenvalue weighted by atomic mass is 16.5. The summed E-state index contributed by atoms with van der Waals surface area (Å²) in [5.41, 5.74) is 0. The molecule has 0 aromatic rings. The van der Waals surface area contributed by atoms with E-state index in [1.54, 1.807) is 0 Å². The number of hydrogen-bond acceptors (Lipinski definition) is 2. The standard InChI is InChI=1S/C13H25NO2/c1-4-8-16-12-6-5-7-14(10-12)13(15)9-11(2)3/h11-12H,4-10H2,1-3H3. The minimum atomic E-state index is 0.268. The maximum Gasteiger partial charge on any atom is 0.222 e. The molecule has 0 N–H and O–H groups in total. The second-order valence-corrected chi connectivity index (χ2v) is 5.07. The monoisotopic (exact) mass is 227 g/mol. The van der Waals surface area contributed by atoms with Crippen LogP contribution in [0.3, 0.4) is 0 Å². The molecule has 1 aliphatic rings. The molecule has 1 atom stereocenters. The van der Waals surface area contributed by atoms with Gasteiger partial charge in [-0.3, -0.25) is 4.79 Å². The van der Waals surface area contributed by atoms with Crippen LogP contribution in [0.15, 0.2) is 0 Å². The van der Waals surface area contributed by atoms with Gasteiger partial charge in [-0.1, -0.05) is 20.8 Å². The van der Waals surface area contributed by atoms with Crippen LogP contribution >= 0.6 is 0 Å². The molecule has 3 nitrogen and oxygen atoms in total. The number of hydrogen-bond donors (Lipinski definition) is 0. The summed E-state index contributed by atoms with van der Waals surface area (Å²) >= 11 is 0. The molecule has 1 aliphatic heterocycles. The molecule has 1 amide bonds. The number of carbonyl (C=O) groups excluding carboxylic acids is 1. The van der Waals surface area contributed by atoms with Gasteiger partial charge in [0.1, 0.15) is 0 Å². The minimum Gasteiger partial charge on any atom is -0.376 e. The van der Waals surface area contributed by atoms with E-state index in [9.17, 15) is 4.79 Å². The molecule has 94 valence electrons. The Kier molecular flexibility index (Phi) is 5.81. The molecule has 1 rings (SSSR count). The van der Waals surface area contributed by atoms with Crippen molar-refractivity contribution in [3.63, 3.8) is 0 Å². The zero-order valence-electron chi connectivity index (χ0n) is 10.9. The molecule has 1 fully saturated rings. The first-order valence-corrected chi connectivity index (χ1v) is 6.52.